The second-order valence-electron chi connectivity index (χ2n) is 22.5. The topological polar surface area (TPSA) is 228 Å². The van der Waals surface area contributed by atoms with Gasteiger partial charge in [-0.3, -0.25) is 4.79 Å². The standard InChI is InChI=1S/C62H117NO13/c1-3-5-7-9-10-11-12-13-14-15-16-17-18-19-20-21-22-23-24-25-26-27-28-29-30-31-32-33-34-35-36-37-38-39-40-42-44-46-54(67)63-50(51(66)45-43-41-8-6-4-2)49-73-61-59(72)57(70)60(53(48-65)75-61)76-62-58(71)56(69)55(68)52(47-64)74-62/h12-13,15-16,50-53,55-62,64-66,68-72H,3-11,14,17-49H2,1-2H3,(H,63,67)/b13-12-,16-15-. The van der Waals surface area contributed by atoms with Gasteiger partial charge in [-0.15, -0.1) is 0 Å². The number of amides is 1. The number of aliphatic hydroxyl groups excluding tert-OH is 8. The van der Waals surface area contributed by atoms with Crippen LogP contribution in [0.5, 0.6) is 0 Å². The lowest BCUT2D eigenvalue weighted by Crippen LogP contribution is -2.65. The predicted octanol–water partition coefficient (Wildman–Crippen LogP) is 11.2. The zero-order valence-electron chi connectivity index (χ0n) is 48.3. The molecule has 0 radical (unpaired) electrons. The molecule has 14 heteroatoms. The van der Waals surface area contributed by atoms with Gasteiger partial charge >= 0.3 is 0 Å². The Hall–Kier alpha value is -1.53. The van der Waals surface area contributed by atoms with Crippen molar-refractivity contribution in [2.24, 2.45) is 0 Å². The first-order chi connectivity index (χ1) is 37.1. The molecule has 0 aliphatic carbocycles. The van der Waals surface area contributed by atoms with Gasteiger partial charge in [0.05, 0.1) is 32.0 Å². The molecule has 0 aromatic carbocycles. The van der Waals surface area contributed by atoms with Crippen LogP contribution in [0.4, 0.5) is 0 Å². The van der Waals surface area contributed by atoms with Crippen molar-refractivity contribution in [3.05, 3.63) is 24.3 Å². The molecule has 0 spiro atoms. The molecule has 14 nitrogen and oxygen atoms in total. The minimum absolute atomic E-state index is 0.209. The summed E-state index contributed by atoms with van der Waals surface area (Å²) in [5.41, 5.74) is 0. The highest BCUT2D eigenvalue weighted by molar-refractivity contribution is 5.76. The zero-order chi connectivity index (χ0) is 55.3. The van der Waals surface area contributed by atoms with E-state index in [-0.39, 0.29) is 12.5 Å². The Morgan fingerprint density at radius 3 is 1.32 bits per heavy atom. The molecule has 12 unspecified atom stereocenters. The van der Waals surface area contributed by atoms with Gasteiger partial charge in [-0.25, -0.2) is 0 Å². The molecule has 1 amide bonds. The molecule has 2 aliphatic heterocycles. The molecule has 0 aromatic heterocycles. The quantitative estimate of drug-likeness (QED) is 0.0204. The highest BCUT2D eigenvalue weighted by atomic mass is 16.7. The molecular weight excluding hydrogens is 967 g/mol. The average Bonchev–Trinajstić information content (AvgIpc) is 3.42. The van der Waals surface area contributed by atoms with Crippen molar-refractivity contribution in [3.8, 4) is 0 Å². The second kappa shape index (κ2) is 48.2. The van der Waals surface area contributed by atoms with Gasteiger partial charge in [0.25, 0.3) is 0 Å². The summed E-state index contributed by atoms with van der Waals surface area (Å²) in [4.78, 5) is 13.1. The number of hydrogen-bond acceptors (Lipinski definition) is 13. The minimum atomic E-state index is -1.78. The van der Waals surface area contributed by atoms with Gasteiger partial charge in [-0.1, -0.05) is 244 Å². The normalized spacial score (nSPS) is 25.0. The van der Waals surface area contributed by atoms with Gasteiger partial charge < -0.3 is 65.1 Å². The molecule has 2 heterocycles. The summed E-state index contributed by atoms with van der Waals surface area (Å²) < 4.78 is 22.7. The SMILES string of the molecule is CCCCCCC/C=C\C/C=C\CCCCCCCCCCCCCCCCCCCCCCCCCCCC(=O)NC(COC1OC(CO)C(OC2OC(CO)C(O)C(O)C2O)C(O)C1O)C(O)CCCCCCC. The summed E-state index contributed by atoms with van der Waals surface area (Å²) in [7, 11) is 0. The van der Waals surface area contributed by atoms with Crippen LogP contribution >= 0.6 is 0 Å². The number of allylic oxidation sites excluding steroid dienone is 4. The van der Waals surface area contributed by atoms with E-state index in [0.717, 1.165) is 64.2 Å². The van der Waals surface area contributed by atoms with E-state index in [1.165, 1.54) is 180 Å². The van der Waals surface area contributed by atoms with Crippen molar-refractivity contribution >= 4 is 5.91 Å². The largest absolute Gasteiger partial charge is 0.394 e. The van der Waals surface area contributed by atoms with Crippen molar-refractivity contribution in [2.75, 3.05) is 19.8 Å². The fourth-order valence-electron chi connectivity index (χ4n) is 10.6. The number of nitrogens with one attached hydrogen (secondary N) is 1. The van der Waals surface area contributed by atoms with Crippen LogP contribution in [0.15, 0.2) is 24.3 Å². The predicted molar refractivity (Wildman–Crippen MR) is 305 cm³/mol. The van der Waals surface area contributed by atoms with Crippen LogP contribution in [0.1, 0.15) is 271 Å². The van der Waals surface area contributed by atoms with Gasteiger partial charge in [0, 0.05) is 6.42 Å². The first kappa shape index (κ1) is 70.6. The number of carbonyl (C=O) groups excluding carboxylic acids is 1. The van der Waals surface area contributed by atoms with Gasteiger partial charge in [-0.05, 0) is 44.9 Å². The summed E-state index contributed by atoms with van der Waals surface area (Å²) in [5, 5.41) is 86.6. The van der Waals surface area contributed by atoms with Crippen LogP contribution in [-0.2, 0) is 23.7 Å². The second-order valence-corrected chi connectivity index (χ2v) is 22.5. The van der Waals surface area contributed by atoms with Crippen LogP contribution in [0.2, 0.25) is 0 Å². The maximum atomic E-state index is 13.1. The molecule has 0 bridgehead atoms. The fourth-order valence-corrected chi connectivity index (χ4v) is 10.6. The average molecular weight is 1080 g/mol. The molecule has 0 aromatic rings. The van der Waals surface area contributed by atoms with Crippen LogP contribution < -0.4 is 5.32 Å². The van der Waals surface area contributed by atoms with Crippen LogP contribution in [0.25, 0.3) is 0 Å². The molecule has 12 atom stereocenters. The van der Waals surface area contributed by atoms with E-state index >= 15 is 0 Å². The van der Waals surface area contributed by atoms with Gasteiger partial charge in [0.15, 0.2) is 12.6 Å². The van der Waals surface area contributed by atoms with E-state index in [1.54, 1.807) is 0 Å². The lowest BCUT2D eigenvalue weighted by Gasteiger charge is -2.46. The fraction of sp³-hybridized carbons (Fsp3) is 0.919. The van der Waals surface area contributed by atoms with Crippen molar-refractivity contribution in [1.29, 1.82) is 0 Å². The summed E-state index contributed by atoms with van der Waals surface area (Å²) >= 11 is 0. The number of aliphatic hydroxyl groups is 8. The molecule has 9 N–H and O–H groups in total. The van der Waals surface area contributed by atoms with Crippen molar-refractivity contribution < 1.29 is 64.6 Å². The van der Waals surface area contributed by atoms with Gasteiger partial charge in [0.1, 0.15) is 48.8 Å². The van der Waals surface area contributed by atoms with Crippen LogP contribution in [0.3, 0.4) is 0 Å². The highest BCUT2D eigenvalue weighted by Gasteiger charge is 2.51. The zero-order valence-corrected chi connectivity index (χ0v) is 48.3. The van der Waals surface area contributed by atoms with Gasteiger partial charge in [0.2, 0.25) is 5.91 Å². The number of carbonyl (C=O) groups is 1. The molecule has 2 fully saturated rings. The molecule has 76 heavy (non-hydrogen) atoms. The van der Waals surface area contributed by atoms with Crippen molar-refractivity contribution in [1.82, 2.24) is 5.32 Å². The lowest BCUT2D eigenvalue weighted by atomic mass is 9.97. The summed E-state index contributed by atoms with van der Waals surface area (Å²) in [6, 6.07) is -0.821. The monoisotopic (exact) mass is 1080 g/mol. The Kier molecular flexibility index (Phi) is 44.8. The van der Waals surface area contributed by atoms with Crippen molar-refractivity contribution in [3.63, 3.8) is 0 Å². The van der Waals surface area contributed by atoms with Crippen LogP contribution in [-0.4, -0.2) is 140 Å². The maximum Gasteiger partial charge on any atom is 0.220 e. The Bertz CT molecular complexity index is 1370. The Labute approximate surface area is 462 Å². The molecule has 2 rings (SSSR count). The van der Waals surface area contributed by atoms with Gasteiger partial charge in [-0.2, -0.15) is 0 Å². The number of rotatable bonds is 51. The van der Waals surface area contributed by atoms with E-state index in [2.05, 4.69) is 43.5 Å². The molecule has 0 saturated carbocycles. The third kappa shape index (κ3) is 33.3. The molecule has 2 aliphatic rings. The van der Waals surface area contributed by atoms with E-state index < -0.39 is 86.8 Å². The highest BCUT2D eigenvalue weighted by Crippen LogP contribution is 2.30. The third-order valence-electron chi connectivity index (χ3n) is 15.7. The summed E-state index contributed by atoms with van der Waals surface area (Å²) in [5.74, 6) is -0.209. The lowest BCUT2D eigenvalue weighted by molar-refractivity contribution is -0.359. The van der Waals surface area contributed by atoms with Crippen molar-refractivity contribution in [2.45, 2.75) is 344 Å². The summed E-state index contributed by atoms with van der Waals surface area (Å²) in [6.07, 6.45) is 41.6. The molecule has 2 saturated heterocycles. The van der Waals surface area contributed by atoms with E-state index in [1.807, 2.05) is 0 Å². The molecule has 448 valence electrons. The Balaban J connectivity index is 1.47. The number of unbranched alkanes of at least 4 members (excludes halogenated alkanes) is 34. The third-order valence-corrected chi connectivity index (χ3v) is 15.7. The van der Waals surface area contributed by atoms with E-state index in [9.17, 15) is 45.6 Å². The van der Waals surface area contributed by atoms with E-state index in [0.29, 0.717) is 12.8 Å². The summed E-state index contributed by atoms with van der Waals surface area (Å²) in [6.45, 7) is 2.76. The van der Waals surface area contributed by atoms with Crippen LogP contribution in [0, 0.1) is 0 Å². The number of hydrogen-bond donors (Lipinski definition) is 9. The first-order valence-electron chi connectivity index (χ1n) is 31.6. The molecular formula is C62H117NO13. The smallest absolute Gasteiger partial charge is 0.220 e. The first-order valence-corrected chi connectivity index (χ1v) is 31.6. The van der Waals surface area contributed by atoms with E-state index in [4.69, 9.17) is 18.9 Å². The number of ether oxygens (including phenoxy) is 4. The Morgan fingerprint density at radius 1 is 0.474 bits per heavy atom. The maximum absolute atomic E-state index is 13.1. The minimum Gasteiger partial charge on any atom is -0.394 e. The Morgan fingerprint density at radius 2 is 0.868 bits per heavy atom.